The number of nitrogens with one attached hydrogen (secondary N) is 1. The van der Waals surface area contributed by atoms with Crippen molar-refractivity contribution in [1.82, 2.24) is 14.9 Å². The van der Waals surface area contributed by atoms with Crippen molar-refractivity contribution in [2.45, 2.75) is 19.4 Å². The number of carbonyl (C=O) groups excluding carboxylic acids is 1. The predicted octanol–water partition coefficient (Wildman–Crippen LogP) is 3.00. The van der Waals surface area contributed by atoms with Gasteiger partial charge in [0.25, 0.3) is 5.56 Å². The number of aromatic nitrogens is 2. The third-order valence-electron chi connectivity index (χ3n) is 4.94. The average molecular weight is 403 g/mol. The summed E-state index contributed by atoms with van der Waals surface area (Å²) in [6, 6.07) is 7.46. The minimum Gasteiger partial charge on any atom is -0.369 e. The maximum Gasteiger partial charge on any atom is 0.260 e. The third-order valence-corrected chi connectivity index (χ3v) is 6.14. The molecule has 3 aromatic rings. The molecule has 1 aromatic carbocycles. The number of carbonyl (C=O) groups is 1. The van der Waals surface area contributed by atoms with Crippen LogP contribution in [-0.2, 0) is 11.3 Å². The van der Waals surface area contributed by atoms with E-state index in [0.717, 1.165) is 30.5 Å². The highest BCUT2D eigenvalue weighted by atomic mass is 35.5. The fourth-order valence-corrected chi connectivity index (χ4v) is 4.78. The van der Waals surface area contributed by atoms with E-state index >= 15 is 0 Å². The van der Waals surface area contributed by atoms with Gasteiger partial charge in [-0.25, -0.2) is 4.98 Å². The van der Waals surface area contributed by atoms with E-state index in [2.05, 4.69) is 14.9 Å². The van der Waals surface area contributed by atoms with Crippen molar-refractivity contribution in [3.05, 3.63) is 50.8 Å². The fourth-order valence-electron chi connectivity index (χ4n) is 3.59. The molecule has 0 bridgehead atoms. The summed E-state index contributed by atoms with van der Waals surface area (Å²) in [4.78, 5) is 34.6. The van der Waals surface area contributed by atoms with Crippen LogP contribution in [0.25, 0.3) is 21.3 Å². The first-order valence-electron chi connectivity index (χ1n) is 8.80. The van der Waals surface area contributed by atoms with Gasteiger partial charge in [-0.2, -0.15) is 0 Å². The summed E-state index contributed by atoms with van der Waals surface area (Å²) in [5.74, 6) is 0.201. The number of primary amides is 1. The van der Waals surface area contributed by atoms with E-state index < -0.39 is 0 Å². The number of thiophene rings is 1. The molecule has 2 aromatic heterocycles. The van der Waals surface area contributed by atoms with E-state index in [1.165, 1.54) is 11.3 Å². The monoisotopic (exact) mass is 402 g/mol. The third kappa shape index (κ3) is 3.63. The first kappa shape index (κ1) is 18.2. The number of hydrogen-bond acceptors (Lipinski definition) is 5. The van der Waals surface area contributed by atoms with E-state index in [0.29, 0.717) is 34.2 Å². The largest absolute Gasteiger partial charge is 0.369 e. The van der Waals surface area contributed by atoms with Gasteiger partial charge in [-0.15, -0.1) is 11.3 Å². The van der Waals surface area contributed by atoms with Crippen molar-refractivity contribution in [1.29, 1.82) is 0 Å². The second kappa shape index (κ2) is 7.42. The molecule has 1 saturated heterocycles. The number of H-pyrrole nitrogens is 1. The normalized spacial score (nSPS) is 18.0. The Bertz CT molecular complexity index is 1060. The number of piperidine rings is 1. The van der Waals surface area contributed by atoms with Crippen LogP contribution in [0, 0.1) is 5.92 Å². The van der Waals surface area contributed by atoms with Gasteiger partial charge in [0.15, 0.2) is 0 Å². The molecule has 1 fully saturated rings. The number of hydrogen-bond donors (Lipinski definition) is 2. The predicted molar refractivity (Wildman–Crippen MR) is 108 cm³/mol. The lowest BCUT2D eigenvalue weighted by Gasteiger charge is -2.30. The molecule has 0 unspecified atom stereocenters. The standard InChI is InChI=1S/C19H19ClN4O2S/c20-14-6-2-1-5-12(14)13-10-27-19-16(13)18(26)22-15(23-19)9-24-7-3-4-11(8-24)17(21)25/h1-2,5-6,10-11H,3-4,7-9H2,(H2,21,25)(H,22,23,26)/t11-/m1/s1. The van der Waals surface area contributed by atoms with Crippen LogP contribution in [0.2, 0.25) is 5.02 Å². The van der Waals surface area contributed by atoms with Gasteiger partial charge in [-0.1, -0.05) is 29.8 Å². The maximum atomic E-state index is 12.8. The summed E-state index contributed by atoms with van der Waals surface area (Å²) in [5.41, 5.74) is 6.90. The Kier molecular flexibility index (Phi) is 4.99. The molecule has 1 atom stereocenters. The Balaban J connectivity index is 1.65. The number of nitrogens with two attached hydrogens (primary N) is 1. The van der Waals surface area contributed by atoms with Crippen molar-refractivity contribution >= 4 is 39.1 Å². The Hall–Kier alpha value is -2.22. The fraction of sp³-hybridized carbons (Fsp3) is 0.316. The molecule has 1 aliphatic rings. The first-order chi connectivity index (χ1) is 13.0. The van der Waals surface area contributed by atoms with Crippen molar-refractivity contribution < 1.29 is 4.79 Å². The quantitative estimate of drug-likeness (QED) is 0.701. The molecule has 1 amide bonds. The number of fused-ring (bicyclic) bond motifs is 1. The molecule has 140 valence electrons. The van der Waals surface area contributed by atoms with Gasteiger partial charge < -0.3 is 10.7 Å². The highest BCUT2D eigenvalue weighted by molar-refractivity contribution is 7.17. The van der Waals surface area contributed by atoms with Gasteiger partial charge in [0.05, 0.1) is 17.8 Å². The Morgan fingerprint density at radius 3 is 2.96 bits per heavy atom. The number of rotatable bonds is 4. The van der Waals surface area contributed by atoms with E-state index in [1.54, 1.807) is 0 Å². The highest BCUT2D eigenvalue weighted by Crippen LogP contribution is 2.34. The number of benzene rings is 1. The number of halogens is 1. The summed E-state index contributed by atoms with van der Waals surface area (Å²) < 4.78 is 0. The van der Waals surface area contributed by atoms with E-state index in [9.17, 15) is 9.59 Å². The van der Waals surface area contributed by atoms with Gasteiger partial charge in [0.2, 0.25) is 5.91 Å². The SMILES string of the molecule is NC(=O)[C@@H]1CCCN(Cc2nc3scc(-c4ccccc4Cl)c3c(=O)[nH]2)C1. The van der Waals surface area contributed by atoms with Crippen molar-refractivity contribution in [2.75, 3.05) is 13.1 Å². The summed E-state index contributed by atoms with van der Waals surface area (Å²) in [7, 11) is 0. The van der Waals surface area contributed by atoms with Crippen LogP contribution in [0.15, 0.2) is 34.4 Å². The Morgan fingerprint density at radius 2 is 2.19 bits per heavy atom. The number of likely N-dealkylation sites (tertiary alicyclic amines) is 1. The summed E-state index contributed by atoms with van der Waals surface area (Å²) in [5, 5.41) is 3.08. The van der Waals surface area contributed by atoms with Gasteiger partial charge >= 0.3 is 0 Å². The van der Waals surface area contributed by atoms with E-state index in [-0.39, 0.29) is 17.4 Å². The second-order valence-corrected chi connectivity index (χ2v) is 8.06. The zero-order chi connectivity index (χ0) is 19.0. The van der Waals surface area contributed by atoms with Crippen LogP contribution in [0.5, 0.6) is 0 Å². The molecule has 1 aliphatic heterocycles. The average Bonchev–Trinajstić information content (AvgIpc) is 3.06. The van der Waals surface area contributed by atoms with Crippen LogP contribution in [0.1, 0.15) is 18.7 Å². The van der Waals surface area contributed by atoms with Crippen LogP contribution in [-0.4, -0.2) is 33.9 Å². The molecule has 3 heterocycles. The first-order valence-corrected chi connectivity index (χ1v) is 10.1. The molecule has 0 aliphatic carbocycles. The molecular weight excluding hydrogens is 384 g/mol. The lowest BCUT2D eigenvalue weighted by atomic mass is 9.97. The van der Waals surface area contributed by atoms with Crippen LogP contribution >= 0.6 is 22.9 Å². The second-order valence-electron chi connectivity index (χ2n) is 6.80. The molecular formula is C19H19ClN4O2S. The van der Waals surface area contributed by atoms with Crippen molar-refractivity contribution in [3.8, 4) is 11.1 Å². The number of nitrogens with zero attached hydrogens (tertiary/aromatic N) is 2. The molecule has 8 heteroatoms. The van der Waals surface area contributed by atoms with Gasteiger partial charge in [0, 0.05) is 28.1 Å². The molecule has 0 radical (unpaired) electrons. The zero-order valence-electron chi connectivity index (χ0n) is 14.6. The lowest BCUT2D eigenvalue weighted by molar-refractivity contribution is -0.123. The van der Waals surface area contributed by atoms with E-state index in [4.69, 9.17) is 17.3 Å². The molecule has 0 saturated carbocycles. The summed E-state index contributed by atoms with van der Waals surface area (Å²) in [6.45, 7) is 1.96. The number of amides is 1. The smallest absolute Gasteiger partial charge is 0.260 e. The minimum absolute atomic E-state index is 0.136. The van der Waals surface area contributed by atoms with Crippen molar-refractivity contribution in [2.24, 2.45) is 11.7 Å². The molecule has 0 spiro atoms. The molecule has 3 N–H and O–H groups in total. The van der Waals surface area contributed by atoms with Gasteiger partial charge in [-0.05, 0) is 25.5 Å². The van der Waals surface area contributed by atoms with Crippen LogP contribution in [0.4, 0.5) is 0 Å². The maximum absolute atomic E-state index is 12.8. The lowest BCUT2D eigenvalue weighted by Crippen LogP contribution is -2.41. The molecule has 4 rings (SSSR count). The zero-order valence-corrected chi connectivity index (χ0v) is 16.1. The Labute approximate surface area is 165 Å². The van der Waals surface area contributed by atoms with Crippen molar-refractivity contribution in [3.63, 3.8) is 0 Å². The van der Waals surface area contributed by atoms with Crippen LogP contribution in [0.3, 0.4) is 0 Å². The Morgan fingerprint density at radius 1 is 1.37 bits per heavy atom. The molecule has 6 nitrogen and oxygen atoms in total. The minimum atomic E-state index is -0.265. The highest BCUT2D eigenvalue weighted by Gasteiger charge is 2.24. The van der Waals surface area contributed by atoms with E-state index in [1.807, 2.05) is 29.6 Å². The van der Waals surface area contributed by atoms with Crippen LogP contribution < -0.4 is 11.3 Å². The molecule has 27 heavy (non-hydrogen) atoms. The summed E-state index contributed by atoms with van der Waals surface area (Å²) >= 11 is 7.73. The van der Waals surface area contributed by atoms with Gasteiger partial charge in [-0.3, -0.25) is 14.5 Å². The topological polar surface area (TPSA) is 92.1 Å². The summed E-state index contributed by atoms with van der Waals surface area (Å²) in [6.07, 6.45) is 1.73. The number of aromatic amines is 1. The van der Waals surface area contributed by atoms with Gasteiger partial charge in [0.1, 0.15) is 10.7 Å².